The normalized spacial score (nSPS) is 12.7. The van der Waals surface area contributed by atoms with Crippen LogP contribution in [0.4, 0.5) is 0 Å². The Morgan fingerprint density at radius 1 is 0.816 bits per heavy atom. The summed E-state index contributed by atoms with van der Waals surface area (Å²) < 4.78 is 36.0. The monoisotopic (exact) mass is 566 g/mol. The SMILES string of the molecule is CCCCCCCCCCCCCCCCC([CH2][Na])Oc1ccccc1.O=C(O)CC(C(=O)O)S(=O)(=O)O. The third-order valence-electron chi connectivity index (χ3n) is 6.38. The summed E-state index contributed by atoms with van der Waals surface area (Å²) in [5.74, 6) is -2.46. The molecule has 0 fully saturated rings. The number of hydrogen-bond donors (Lipinski definition) is 3. The van der Waals surface area contributed by atoms with Gasteiger partial charge in [0, 0.05) is 0 Å². The molecular formula is C28H47NaO8S. The van der Waals surface area contributed by atoms with Crippen LogP contribution < -0.4 is 4.74 Å². The Bertz CT molecular complexity index is 833. The predicted octanol–water partition coefficient (Wildman–Crippen LogP) is 6.69. The molecule has 10 heteroatoms. The van der Waals surface area contributed by atoms with Crippen LogP contribution in [-0.4, -0.2) is 74.4 Å². The van der Waals surface area contributed by atoms with Crippen molar-refractivity contribution in [3.63, 3.8) is 0 Å². The van der Waals surface area contributed by atoms with Crippen molar-refractivity contribution in [1.29, 1.82) is 0 Å². The number of unbranched alkanes of at least 4 members (excludes halogenated alkanes) is 13. The topological polar surface area (TPSA) is 138 Å². The van der Waals surface area contributed by atoms with E-state index in [1.165, 1.54) is 128 Å². The molecule has 38 heavy (non-hydrogen) atoms. The fourth-order valence-electron chi connectivity index (χ4n) is 4.08. The number of rotatable bonds is 22. The zero-order valence-electron chi connectivity index (χ0n) is 23.4. The van der Waals surface area contributed by atoms with Gasteiger partial charge in [0.25, 0.3) is 10.1 Å². The Labute approximate surface area is 247 Å². The van der Waals surface area contributed by atoms with Crippen molar-refractivity contribution in [1.82, 2.24) is 0 Å². The van der Waals surface area contributed by atoms with E-state index < -0.39 is 33.7 Å². The molecule has 0 saturated carbocycles. The van der Waals surface area contributed by atoms with Crippen LogP contribution in [0.2, 0.25) is 3.67 Å². The van der Waals surface area contributed by atoms with E-state index in [0.29, 0.717) is 6.10 Å². The first-order chi connectivity index (χ1) is 18.1. The largest absolute Gasteiger partial charge is 0.481 e. The van der Waals surface area contributed by atoms with E-state index in [4.69, 9.17) is 19.5 Å². The van der Waals surface area contributed by atoms with Crippen molar-refractivity contribution in [2.75, 3.05) is 0 Å². The molecule has 0 saturated heterocycles. The van der Waals surface area contributed by atoms with Crippen molar-refractivity contribution in [3.05, 3.63) is 30.3 Å². The maximum atomic E-state index is 10.2. The number of aliphatic carboxylic acids is 2. The average Bonchev–Trinajstić information content (AvgIpc) is 2.87. The van der Waals surface area contributed by atoms with Gasteiger partial charge in [-0.15, -0.1) is 0 Å². The van der Waals surface area contributed by atoms with E-state index >= 15 is 0 Å². The molecule has 0 aliphatic heterocycles. The van der Waals surface area contributed by atoms with Crippen LogP contribution in [0.25, 0.3) is 0 Å². The summed E-state index contributed by atoms with van der Waals surface area (Å²) in [6.07, 6.45) is 20.5. The summed E-state index contributed by atoms with van der Waals surface area (Å²) in [5.41, 5.74) is 0. The fraction of sp³-hybridized carbons (Fsp3) is 0.714. The molecule has 0 amide bonds. The molecule has 0 aromatic heterocycles. The zero-order valence-corrected chi connectivity index (χ0v) is 26.2. The Balaban J connectivity index is 0.000000958. The second-order valence-electron chi connectivity index (χ2n) is 9.79. The summed E-state index contributed by atoms with van der Waals surface area (Å²) in [5, 5.41) is 13.9. The van der Waals surface area contributed by atoms with E-state index in [1.54, 1.807) is 0 Å². The Morgan fingerprint density at radius 2 is 1.26 bits per heavy atom. The van der Waals surface area contributed by atoms with Gasteiger partial charge in [0.1, 0.15) is 0 Å². The first-order valence-electron chi connectivity index (χ1n) is 14.2. The Hall–Kier alpha value is -1.13. The van der Waals surface area contributed by atoms with Gasteiger partial charge in [0.05, 0.1) is 6.42 Å². The summed E-state index contributed by atoms with van der Waals surface area (Å²) >= 11 is 1.23. The van der Waals surface area contributed by atoms with Crippen molar-refractivity contribution >= 4 is 50.0 Å². The van der Waals surface area contributed by atoms with Crippen molar-refractivity contribution in [2.24, 2.45) is 0 Å². The first-order valence-corrected chi connectivity index (χ1v) is 17.2. The second-order valence-corrected chi connectivity index (χ2v) is 12.2. The maximum absolute atomic E-state index is 10.2. The summed E-state index contributed by atoms with van der Waals surface area (Å²) in [6, 6.07) is 10.3. The number of carbonyl (C=O) groups is 2. The van der Waals surface area contributed by atoms with Crippen molar-refractivity contribution < 1.29 is 37.5 Å². The number of benzene rings is 1. The number of para-hydroxylation sites is 1. The molecule has 1 aromatic carbocycles. The zero-order chi connectivity index (χ0) is 28.7. The summed E-state index contributed by atoms with van der Waals surface area (Å²) in [6.45, 7) is 2.29. The molecule has 1 rings (SSSR count). The Morgan fingerprint density at radius 3 is 1.61 bits per heavy atom. The van der Waals surface area contributed by atoms with Crippen molar-refractivity contribution in [3.8, 4) is 5.75 Å². The number of hydrogen-bond acceptors (Lipinski definition) is 5. The van der Waals surface area contributed by atoms with Crippen LogP contribution in [0.5, 0.6) is 5.75 Å². The van der Waals surface area contributed by atoms with E-state index in [-0.39, 0.29) is 0 Å². The van der Waals surface area contributed by atoms with Crippen LogP contribution in [0, 0.1) is 0 Å². The third kappa shape index (κ3) is 21.8. The van der Waals surface area contributed by atoms with Gasteiger partial charge in [-0.1, -0.05) is 39.0 Å². The van der Waals surface area contributed by atoms with Crippen LogP contribution in [0.1, 0.15) is 110 Å². The van der Waals surface area contributed by atoms with E-state index in [1.807, 2.05) is 0 Å². The summed E-state index contributed by atoms with van der Waals surface area (Å²) in [7, 11) is -4.84. The molecule has 214 valence electrons. The molecule has 0 bridgehead atoms. The molecule has 2 unspecified atom stereocenters. The first kappa shape index (κ1) is 36.9. The molecule has 0 spiro atoms. The quantitative estimate of drug-likeness (QED) is 0.0801. The standard InChI is InChI=1S/C24H41O.C4H6O7S.Na/c1-3-4-5-6-7-8-9-10-11-12-13-14-15-17-20-23(2)25-24-21-18-16-19-22-24;5-3(6)1-2(4(7)8)12(9,10)11;/h16,18-19,21-23H,2-15,17,20H2,1H3;2H,1H2,(H,5,6)(H,7,8)(H,9,10,11);. The molecule has 0 aliphatic carbocycles. The van der Waals surface area contributed by atoms with E-state index in [2.05, 4.69) is 37.3 Å². The molecule has 8 nitrogen and oxygen atoms in total. The van der Waals surface area contributed by atoms with Crippen LogP contribution >= 0.6 is 0 Å². The predicted molar refractivity (Wildman–Crippen MR) is 152 cm³/mol. The smallest absolute Gasteiger partial charge is 0.325 e. The van der Waals surface area contributed by atoms with Gasteiger partial charge < -0.3 is 10.2 Å². The van der Waals surface area contributed by atoms with E-state index in [0.717, 1.165) is 5.75 Å². The van der Waals surface area contributed by atoms with Gasteiger partial charge in [-0.3, -0.25) is 14.1 Å². The van der Waals surface area contributed by atoms with Crippen LogP contribution in [-0.2, 0) is 19.7 Å². The van der Waals surface area contributed by atoms with Crippen LogP contribution in [0.3, 0.4) is 0 Å². The minimum Gasteiger partial charge on any atom is -0.481 e. The average molecular weight is 567 g/mol. The van der Waals surface area contributed by atoms with E-state index in [9.17, 15) is 18.0 Å². The molecule has 2 atom stereocenters. The molecule has 0 radical (unpaired) electrons. The van der Waals surface area contributed by atoms with Gasteiger partial charge in [-0.25, -0.2) is 0 Å². The van der Waals surface area contributed by atoms with Gasteiger partial charge in [0.2, 0.25) is 0 Å². The van der Waals surface area contributed by atoms with Gasteiger partial charge in [0.15, 0.2) is 5.25 Å². The fourth-order valence-corrected chi connectivity index (χ4v) is 5.27. The van der Waals surface area contributed by atoms with Crippen molar-refractivity contribution in [2.45, 2.75) is 125 Å². The molecule has 0 heterocycles. The number of ether oxygens (including phenoxy) is 1. The van der Waals surface area contributed by atoms with Gasteiger partial charge >= 0.3 is 155 Å². The minimum absolute atomic E-state index is 0.446. The molecule has 0 aliphatic rings. The number of carboxylic acids is 2. The number of carboxylic acid groups (broad SMARTS) is 2. The maximum Gasteiger partial charge on any atom is 0.325 e. The summed E-state index contributed by atoms with van der Waals surface area (Å²) in [4.78, 5) is 20.0. The minimum atomic E-state index is -4.84. The van der Waals surface area contributed by atoms with Gasteiger partial charge in [-0.2, -0.15) is 8.42 Å². The Kier molecular flexibility index (Phi) is 23.0. The van der Waals surface area contributed by atoms with Crippen LogP contribution in [0.15, 0.2) is 30.3 Å². The second kappa shape index (κ2) is 23.7. The third-order valence-corrected chi connectivity index (χ3v) is 8.37. The molecular weight excluding hydrogens is 519 g/mol. The molecule has 1 aromatic rings. The van der Waals surface area contributed by atoms with Gasteiger partial charge in [-0.05, 0) is 0 Å². The molecule has 3 N–H and O–H groups in total.